The number of piperazine rings is 1. The van der Waals surface area contributed by atoms with Gasteiger partial charge in [-0.15, -0.1) is 0 Å². The first kappa shape index (κ1) is 23.8. The van der Waals surface area contributed by atoms with Crippen molar-refractivity contribution >= 4 is 17.6 Å². The molecule has 4 rings (SSSR count). The van der Waals surface area contributed by atoms with E-state index >= 15 is 0 Å². The molecule has 2 saturated heterocycles. The van der Waals surface area contributed by atoms with E-state index in [1.807, 2.05) is 47.4 Å². The van der Waals surface area contributed by atoms with Crippen molar-refractivity contribution < 1.29 is 14.3 Å². The van der Waals surface area contributed by atoms with Gasteiger partial charge in [0.05, 0.1) is 19.3 Å². The number of carbonyl (C=O) groups is 1. The number of rotatable bonds is 8. The zero-order valence-corrected chi connectivity index (χ0v) is 19.8. The van der Waals surface area contributed by atoms with Crippen LogP contribution in [0.2, 0.25) is 5.02 Å². The third-order valence-corrected chi connectivity index (χ3v) is 6.45. The van der Waals surface area contributed by atoms with Gasteiger partial charge in [0.25, 0.3) is 0 Å². The zero-order chi connectivity index (χ0) is 22.9. The van der Waals surface area contributed by atoms with E-state index in [-0.39, 0.29) is 12.1 Å². The smallest absolute Gasteiger partial charge is 0.318 e. The summed E-state index contributed by atoms with van der Waals surface area (Å²) in [7, 11) is 0. The van der Waals surface area contributed by atoms with Crippen LogP contribution in [0, 0.1) is 0 Å². The van der Waals surface area contributed by atoms with Crippen LogP contribution >= 0.6 is 11.6 Å². The van der Waals surface area contributed by atoms with E-state index in [9.17, 15) is 4.79 Å². The average Bonchev–Trinajstić information content (AvgIpc) is 2.86. The fraction of sp³-hybridized carbons (Fsp3) is 0.480. The van der Waals surface area contributed by atoms with Gasteiger partial charge in [0, 0.05) is 57.4 Å². The van der Waals surface area contributed by atoms with Gasteiger partial charge in [0.2, 0.25) is 0 Å². The standard InChI is InChI=1S/C25H33ClN4O3/c26-22-6-8-23(9-7-22)33-19-16-28-10-12-30(13-11-28)25(31)27-24(21-4-2-1-3-5-21)20-29-14-17-32-18-15-29/h1-9,24H,10-20H2,(H,27,31). The number of hydrogen-bond donors (Lipinski definition) is 1. The van der Waals surface area contributed by atoms with Crippen molar-refractivity contribution in [3.8, 4) is 5.75 Å². The summed E-state index contributed by atoms with van der Waals surface area (Å²) in [5.74, 6) is 0.824. The number of carbonyl (C=O) groups excluding carboxylic acids is 1. The Morgan fingerprint density at radius 1 is 0.939 bits per heavy atom. The Balaban J connectivity index is 1.23. The van der Waals surface area contributed by atoms with Crippen LogP contribution in [0.15, 0.2) is 54.6 Å². The van der Waals surface area contributed by atoms with Gasteiger partial charge < -0.3 is 19.7 Å². The zero-order valence-electron chi connectivity index (χ0n) is 19.0. The second-order valence-corrected chi connectivity index (χ2v) is 8.89. The second kappa shape index (κ2) is 12.2. The van der Waals surface area contributed by atoms with Gasteiger partial charge in [-0.1, -0.05) is 41.9 Å². The van der Waals surface area contributed by atoms with E-state index < -0.39 is 0 Å². The van der Waals surface area contributed by atoms with Crippen molar-refractivity contribution in [2.45, 2.75) is 6.04 Å². The van der Waals surface area contributed by atoms with Crippen molar-refractivity contribution in [2.24, 2.45) is 0 Å². The predicted molar refractivity (Wildman–Crippen MR) is 130 cm³/mol. The minimum absolute atomic E-state index is 0.00850. The lowest BCUT2D eigenvalue weighted by molar-refractivity contribution is 0.0335. The molecule has 0 saturated carbocycles. The van der Waals surface area contributed by atoms with Crippen LogP contribution in [-0.4, -0.2) is 92.9 Å². The molecule has 2 heterocycles. The Labute approximate surface area is 201 Å². The predicted octanol–water partition coefficient (Wildman–Crippen LogP) is 3.12. The maximum atomic E-state index is 13.1. The van der Waals surface area contributed by atoms with Crippen molar-refractivity contribution in [3.63, 3.8) is 0 Å². The molecule has 2 fully saturated rings. The minimum atomic E-state index is -0.0393. The van der Waals surface area contributed by atoms with Crippen molar-refractivity contribution in [1.82, 2.24) is 20.0 Å². The molecule has 1 unspecified atom stereocenters. The molecule has 0 aliphatic carbocycles. The molecule has 8 heteroatoms. The molecule has 0 spiro atoms. The van der Waals surface area contributed by atoms with Gasteiger partial charge in [-0.3, -0.25) is 9.80 Å². The molecule has 2 aromatic rings. The third kappa shape index (κ3) is 7.33. The minimum Gasteiger partial charge on any atom is -0.492 e. The highest BCUT2D eigenvalue weighted by molar-refractivity contribution is 6.30. The molecule has 1 N–H and O–H groups in total. The maximum Gasteiger partial charge on any atom is 0.318 e. The highest BCUT2D eigenvalue weighted by Crippen LogP contribution is 2.17. The molecule has 2 amide bonds. The topological polar surface area (TPSA) is 57.3 Å². The van der Waals surface area contributed by atoms with Crippen LogP contribution in [0.1, 0.15) is 11.6 Å². The Morgan fingerprint density at radius 3 is 2.33 bits per heavy atom. The molecular formula is C25H33ClN4O3. The molecule has 0 radical (unpaired) electrons. The number of nitrogens with one attached hydrogen (secondary N) is 1. The first-order chi connectivity index (χ1) is 16.2. The maximum absolute atomic E-state index is 13.1. The summed E-state index contributed by atoms with van der Waals surface area (Å²) in [6, 6.07) is 17.6. The molecule has 2 aromatic carbocycles. The fourth-order valence-electron chi connectivity index (χ4n) is 4.20. The lowest BCUT2D eigenvalue weighted by Crippen LogP contribution is -2.53. The van der Waals surface area contributed by atoms with Crippen LogP contribution in [0.4, 0.5) is 4.79 Å². The number of ether oxygens (including phenoxy) is 2. The molecule has 2 aliphatic heterocycles. The normalized spacial score (nSPS) is 18.6. The van der Waals surface area contributed by atoms with Crippen molar-refractivity contribution in [3.05, 3.63) is 65.2 Å². The Hall–Kier alpha value is -2.32. The quantitative estimate of drug-likeness (QED) is 0.639. The highest BCUT2D eigenvalue weighted by atomic mass is 35.5. The first-order valence-electron chi connectivity index (χ1n) is 11.7. The summed E-state index contributed by atoms with van der Waals surface area (Å²) < 4.78 is 11.3. The second-order valence-electron chi connectivity index (χ2n) is 8.46. The van der Waals surface area contributed by atoms with Gasteiger partial charge in [-0.2, -0.15) is 0 Å². The first-order valence-corrected chi connectivity index (χ1v) is 12.1. The molecule has 1 atom stereocenters. The van der Waals surface area contributed by atoms with Crippen LogP contribution in [-0.2, 0) is 4.74 Å². The molecule has 178 valence electrons. The van der Waals surface area contributed by atoms with Crippen LogP contribution in [0.25, 0.3) is 0 Å². The molecule has 0 aromatic heterocycles. The van der Waals surface area contributed by atoms with Crippen molar-refractivity contribution in [1.29, 1.82) is 0 Å². The number of amides is 2. The summed E-state index contributed by atoms with van der Waals surface area (Å²) in [5, 5.41) is 3.99. The van der Waals surface area contributed by atoms with Gasteiger partial charge in [-0.25, -0.2) is 4.79 Å². The molecule has 2 aliphatic rings. The summed E-state index contributed by atoms with van der Waals surface area (Å²) >= 11 is 5.91. The van der Waals surface area contributed by atoms with Crippen LogP contribution in [0.3, 0.4) is 0 Å². The van der Waals surface area contributed by atoms with Crippen LogP contribution < -0.4 is 10.1 Å². The lowest BCUT2D eigenvalue weighted by atomic mass is 10.1. The number of nitrogens with zero attached hydrogens (tertiary/aromatic N) is 3. The summed E-state index contributed by atoms with van der Waals surface area (Å²) in [6.45, 7) is 8.65. The SMILES string of the molecule is O=C(NC(CN1CCOCC1)c1ccccc1)N1CCN(CCOc2ccc(Cl)cc2)CC1. The van der Waals surface area contributed by atoms with E-state index in [1.54, 1.807) is 0 Å². The van der Waals surface area contributed by atoms with E-state index in [2.05, 4.69) is 27.2 Å². The molecule has 33 heavy (non-hydrogen) atoms. The number of hydrogen-bond acceptors (Lipinski definition) is 5. The van der Waals surface area contributed by atoms with Gasteiger partial charge in [0.1, 0.15) is 12.4 Å². The van der Waals surface area contributed by atoms with Crippen molar-refractivity contribution in [2.75, 3.05) is 72.2 Å². The summed E-state index contributed by atoms with van der Waals surface area (Å²) in [4.78, 5) is 19.7. The Kier molecular flexibility index (Phi) is 8.83. The van der Waals surface area contributed by atoms with E-state index in [4.69, 9.17) is 21.1 Å². The van der Waals surface area contributed by atoms with Crippen LogP contribution in [0.5, 0.6) is 5.75 Å². The summed E-state index contributed by atoms with van der Waals surface area (Å²) in [5.41, 5.74) is 1.13. The molecule has 0 bridgehead atoms. The monoisotopic (exact) mass is 472 g/mol. The highest BCUT2D eigenvalue weighted by Gasteiger charge is 2.25. The number of benzene rings is 2. The molecular weight excluding hydrogens is 440 g/mol. The largest absolute Gasteiger partial charge is 0.492 e. The number of halogens is 1. The number of urea groups is 1. The fourth-order valence-corrected chi connectivity index (χ4v) is 4.33. The van der Waals surface area contributed by atoms with E-state index in [1.165, 1.54) is 0 Å². The van der Waals surface area contributed by atoms with E-state index in [0.29, 0.717) is 24.7 Å². The van der Waals surface area contributed by atoms with Gasteiger partial charge in [0.15, 0.2) is 0 Å². The Bertz CT molecular complexity index is 854. The number of morpholine rings is 1. The third-order valence-electron chi connectivity index (χ3n) is 6.19. The van der Waals surface area contributed by atoms with Gasteiger partial charge in [-0.05, 0) is 29.8 Å². The lowest BCUT2D eigenvalue weighted by Gasteiger charge is -2.36. The average molecular weight is 473 g/mol. The Morgan fingerprint density at radius 2 is 1.64 bits per heavy atom. The van der Waals surface area contributed by atoms with E-state index in [0.717, 1.165) is 63.8 Å². The summed E-state index contributed by atoms with van der Waals surface area (Å²) in [6.07, 6.45) is 0. The van der Waals surface area contributed by atoms with Gasteiger partial charge >= 0.3 is 6.03 Å². The molecule has 7 nitrogen and oxygen atoms in total.